The Morgan fingerprint density at radius 1 is 0.950 bits per heavy atom. The molecule has 1 atom stereocenters. The Bertz CT molecular complexity index is 576. The molecule has 0 N–H and O–H groups in total. The lowest BCUT2D eigenvalue weighted by atomic mass is 9.61. The smallest absolute Gasteiger partial charge is 0.0472 e. The Balaban J connectivity index is 1.78. The zero-order valence-corrected chi connectivity index (χ0v) is 11.7. The second-order valence-corrected chi connectivity index (χ2v) is 6.11. The van der Waals surface area contributed by atoms with Crippen LogP contribution in [0, 0.1) is 11.3 Å². The number of fused-ring (bicyclic) bond motifs is 1. The van der Waals surface area contributed by atoms with E-state index in [9.17, 15) is 0 Å². The van der Waals surface area contributed by atoms with Gasteiger partial charge >= 0.3 is 0 Å². The minimum absolute atomic E-state index is 0.296. The Kier molecular flexibility index (Phi) is 2.89. The molecule has 1 aliphatic heterocycles. The van der Waals surface area contributed by atoms with Crippen LogP contribution in [0.15, 0.2) is 54.6 Å². The second kappa shape index (κ2) is 4.75. The molecule has 20 heavy (non-hydrogen) atoms. The van der Waals surface area contributed by atoms with Crippen LogP contribution in [0.1, 0.15) is 29.9 Å². The fraction of sp³-hybridized carbons (Fsp3) is 0.368. The quantitative estimate of drug-likeness (QED) is 0.772. The average molecular weight is 264 g/mol. The molecular weight excluding hydrogens is 244 g/mol. The molecular formula is C19H20O. The van der Waals surface area contributed by atoms with Gasteiger partial charge in [0.2, 0.25) is 0 Å². The fourth-order valence-corrected chi connectivity index (χ4v) is 4.17. The number of benzene rings is 1. The SMILES string of the molecule is C1=CC(C2(C3C=Cc4ccccc43)CCOCC2)C=C1. The molecule has 1 nitrogen and oxygen atoms in total. The molecule has 1 unspecified atom stereocenters. The van der Waals surface area contributed by atoms with Crippen LogP contribution in [0.3, 0.4) is 0 Å². The van der Waals surface area contributed by atoms with E-state index in [2.05, 4.69) is 60.7 Å². The summed E-state index contributed by atoms with van der Waals surface area (Å²) in [6, 6.07) is 8.85. The zero-order valence-electron chi connectivity index (χ0n) is 11.7. The van der Waals surface area contributed by atoms with Crippen LogP contribution in [0.4, 0.5) is 0 Å². The highest BCUT2D eigenvalue weighted by Gasteiger charge is 2.46. The van der Waals surface area contributed by atoms with Gasteiger partial charge in [0.05, 0.1) is 0 Å². The van der Waals surface area contributed by atoms with Crippen LogP contribution in [0.2, 0.25) is 0 Å². The van der Waals surface area contributed by atoms with Crippen molar-refractivity contribution in [1.29, 1.82) is 0 Å². The Labute approximate surface area is 120 Å². The van der Waals surface area contributed by atoms with Crippen molar-refractivity contribution in [2.45, 2.75) is 18.8 Å². The molecule has 1 heteroatoms. The van der Waals surface area contributed by atoms with Crippen molar-refractivity contribution in [3.05, 3.63) is 65.8 Å². The van der Waals surface area contributed by atoms with Crippen LogP contribution in [0.5, 0.6) is 0 Å². The second-order valence-electron chi connectivity index (χ2n) is 6.11. The molecule has 0 aromatic heterocycles. The van der Waals surface area contributed by atoms with Crippen molar-refractivity contribution in [3.63, 3.8) is 0 Å². The number of ether oxygens (including phenoxy) is 1. The van der Waals surface area contributed by atoms with E-state index < -0.39 is 0 Å². The van der Waals surface area contributed by atoms with E-state index in [-0.39, 0.29) is 0 Å². The summed E-state index contributed by atoms with van der Waals surface area (Å²) in [5.41, 5.74) is 3.20. The highest BCUT2D eigenvalue weighted by molar-refractivity contribution is 5.63. The maximum Gasteiger partial charge on any atom is 0.0472 e. The van der Waals surface area contributed by atoms with Gasteiger partial charge in [0.15, 0.2) is 0 Å². The topological polar surface area (TPSA) is 9.23 Å². The molecule has 3 aliphatic rings. The fourth-order valence-electron chi connectivity index (χ4n) is 4.17. The minimum atomic E-state index is 0.296. The van der Waals surface area contributed by atoms with Crippen LogP contribution >= 0.6 is 0 Å². The maximum absolute atomic E-state index is 5.66. The van der Waals surface area contributed by atoms with Gasteiger partial charge in [-0.25, -0.2) is 0 Å². The maximum atomic E-state index is 5.66. The summed E-state index contributed by atoms with van der Waals surface area (Å²) in [6.45, 7) is 1.79. The van der Waals surface area contributed by atoms with Crippen LogP contribution in [-0.2, 0) is 4.74 Å². The van der Waals surface area contributed by atoms with Crippen LogP contribution in [-0.4, -0.2) is 13.2 Å². The largest absolute Gasteiger partial charge is 0.381 e. The van der Waals surface area contributed by atoms with E-state index >= 15 is 0 Å². The molecule has 0 radical (unpaired) electrons. The normalized spacial score (nSPS) is 27.1. The molecule has 1 saturated heterocycles. The van der Waals surface area contributed by atoms with E-state index in [1.165, 1.54) is 11.1 Å². The predicted octanol–water partition coefficient (Wildman–Crippen LogP) is 4.34. The Hall–Kier alpha value is -1.60. The van der Waals surface area contributed by atoms with E-state index in [0.29, 0.717) is 17.3 Å². The standard InChI is InChI=1S/C19H20O/c1-4-8-17-15(5-1)9-10-18(17)19(11-13-20-14-12-19)16-6-2-3-7-16/h1-10,16,18H,11-14H2. The Morgan fingerprint density at radius 2 is 1.70 bits per heavy atom. The minimum Gasteiger partial charge on any atom is -0.381 e. The first-order chi connectivity index (χ1) is 9.90. The number of hydrogen-bond acceptors (Lipinski definition) is 1. The molecule has 0 saturated carbocycles. The molecule has 102 valence electrons. The highest BCUT2D eigenvalue weighted by atomic mass is 16.5. The van der Waals surface area contributed by atoms with Crippen LogP contribution < -0.4 is 0 Å². The third-order valence-electron chi connectivity index (χ3n) is 5.25. The van der Waals surface area contributed by atoms with E-state index in [1.54, 1.807) is 0 Å². The summed E-state index contributed by atoms with van der Waals surface area (Å²) in [5, 5.41) is 0. The lowest BCUT2D eigenvalue weighted by Crippen LogP contribution is -2.39. The first kappa shape index (κ1) is 12.2. The molecule has 0 bridgehead atoms. The lowest BCUT2D eigenvalue weighted by molar-refractivity contribution is -0.00591. The molecule has 1 heterocycles. The summed E-state index contributed by atoms with van der Waals surface area (Å²) < 4.78 is 5.66. The molecule has 1 aromatic carbocycles. The van der Waals surface area contributed by atoms with Crippen molar-refractivity contribution in [2.75, 3.05) is 13.2 Å². The summed E-state index contributed by atoms with van der Waals surface area (Å²) in [4.78, 5) is 0. The van der Waals surface area contributed by atoms with E-state index in [1.807, 2.05) is 0 Å². The summed E-state index contributed by atoms with van der Waals surface area (Å²) in [5.74, 6) is 1.08. The first-order valence-electron chi connectivity index (χ1n) is 7.60. The summed E-state index contributed by atoms with van der Waals surface area (Å²) in [7, 11) is 0. The average Bonchev–Trinajstić information content (AvgIpc) is 3.18. The van der Waals surface area contributed by atoms with Gasteiger partial charge in [0.25, 0.3) is 0 Å². The molecule has 0 spiro atoms. The van der Waals surface area contributed by atoms with Crippen molar-refractivity contribution in [2.24, 2.45) is 11.3 Å². The first-order valence-corrected chi connectivity index (χ1v) is 7.60. The third kappa shape index (κ3) is 1.73. The number of rotatable bonds is 2. The van der Waals surface area contributed by atoms with Crippen LogP contribution in [0.25, 0.3) is 6.08 Å². The highest BCUT2D eigenvalue weighted by Crippen LogP contribution is 2.54. The number of hydrogen-bond donors (Lipinski definition) is 0. The van der Waals surface area contributed by atoms with Gasteiger partial charge in [-0.2, -0.15) is 0 Å². The van der Waals surface area contributed by atoms with Crippen molar-refractivity contribution in [1.82, 2.24) is 0 Å². The van der Waals surface area contributed by atoms with Crippen molar-refractivity contribution >= 4 is 6.08 Å². The lowest BCUT2D eigenvalue weighted by Gasteiger charge is -2.45. The molecule has 1 aromatic rings. The monoisotopic (exact) mass is 264 g/mol. The Morgan fingerprint density at radius 3 is 2.50 bits per heavy atom. The molecule has 1 fully saturated rings. The summed E-state index contributed by atoms with van der Waals surface area (Å²) >= 11 is 0. The summed E-state index contributed by atoms with van der Waals surface area (Å²) in [6.07, 6.45) is 16.2. The van der Waals surface area contributed by atoms with E-state index in [0.717, 1.165) is 26.1 Å². The van der Waals surface area contributed by atoms with Gasteiger partial charge in [-0.15, -0.1) is 0 Å². The van der Waals surface area contributed by atoms with Gasteiger partial charge in [0, 0.05) is 25.0 Å². The van der Waals surface area contributed by atoms with E-state index in [4.69, 9.17) is 4.74 Å². The van der Waals surface area contributed by atoms with Crippen molar-refractivity contribution in [3.8, 4) is 0 Å². The molecule has 2 aliphatic carbocycles. The molecule has 0 amide bonds. The van der Waals surface area contributed by atoms with Gasteiger partial charge in [-0.3, -0.25) is 0 Å². The molecule has 4 rings (SSSR count). The van der Waals surface area contributed by atoms with Crippen molar-refractivity contribution < 1.29 is 4.74 Å². The number of allylic oxidation sites excluding steroid dienone is 5. The van der Waals surface area contributed by atoms with Gasteiger partial charge in [-0.1, -0.05) is 60.7 Å². The third-order valence-corrected chi connectivity index (χ3v) is 5.25. The van der Waals surface area contributed by atoms with Gasteiger partial charge in [-0.05, 0) is 29.4 Å². The predicted molar refractivity (Wildman–Crippen MR) is 82.5 cm³/mol. The zero-order chi connectivity index (χ0) is 13.4. The van der Waals surface area contributed by atoms with Gasteiger partial charge in [0.1, 0.15) is 0 Å². The van der Waals surface area contributed by atoms with Gasteiger partial charge < -0.3 is 4.74 Å².